The van der Waals surface area contributed by atoms with Gasteiger partial charge in [0.05, 0.1) is 6.54 Å². The van der Waals surface area contributed by atoms with Crippen molar-refractivity contribution in [1.82, 2.24) is 4.90 Å². The van der Waals surface area contributed by atoms with Gasteiger partial charge >= 0.3 is 5.97 Å². The number of hydrogen-bond donors (Lipinski definition) is 1. The molecule has 0 radical (unpaired) electrons. The highest BCUT2D eigenvalue weighted by atomic mass is 19.3. The third-order valence-corrected chi connectivity index (χ3v) is 2.47. The van der Waals surface area contributed by atoms with Crippen molar-refractivity contribution < 1.29 is 18.7 Å². The lowest BCUT2D eigenvalue weighted by atomic mass is 10.1. The molecular weight excluding hydrogens is 204 g/mol. The Hall–Kier alpha value is -0.970. The number of alkyl halides is 2. The molecule has 0 spiro atoms. The topological polar surface area (TPSA) is 40.5 Å². The van der Waals surface area contributed by atoms with Gasteiger partial charge in [0.25, 0.3) is 5.92 Å². The van der Waals surface area contributed by atoms with Crippen LogP contribution in [0.3, 0.4) is 0 Å². The molecule has 1 rings (SSSR count). The van der Waals surface area contributed by atoms with E-state index in [9.17, 15) is 13.6 Å². The van der Waals surface area contributed by atoms with Gasteiger partial charge in [0.15, 0.2) is 0 Å². The molecular formula is C10H15F2NO2. The lowest BCUT2D eigenvalue weighted by Crippen LogP contribution is -2.35. The Morgan fingerprint density at radius 2 is 2.20 bits per heavy atom. The number of likely N-dealkylation sites (tertiary alicyclic amines) is 1. The first-order valence-corrected chi connectivity index (χ1v) is 4.86. The van der Waals surface area contributed by atoms with E-state index in [4.69, 9.17) is 5.11 Å². The molecule has 1 heterocycles. The summed E-state index contributed by atoms with van der Waals surface area (Å²) >= 11 is 0. The smallest absolute Gasteiger partial charge is 0.328 e. The van der Waals surface area contributed by atoms with E-state index in [1.54, 1.807) is 4.90 Å². The molecule has 1 saturated heterocycles. The molecule has 1 N–H and O–H groups in total. The molecule has 0 aromatic rings. The Labute approximate surface area is 87.4 Å². The van der Waals surface area contributed by atoms with E-state index in [1.807, 2.05) is 13.8 Å². The van der Waals surface area contributed by atoms with Crippen LogP contribution in [0.4, 0.5) is 8.78 Å². The maximum absolute atomic E-state index is 13.1. The summed E-state index contributed by atoms with van der Waals surface area (Å²) in [5, 5.41) is 8.44. The van der Waals surface area contributed by atoms with Crippen LogP contribution < -0.4 is 0 Å². The summed E-state index contributed by atoms with van der Waals surface area (Å²) in [5.41, 5.74) is 0. The van der Waals surface area contributed by atoms with Crippen LogP contribution >= 0.6 is 0 Å². The summed E-state index contributed by atoms with van der Waals surface area (Å²) in [6.07, 6.45) is 1.97. The van der Waals surface area contributed by atoms with Crippen LogP contribution in [0.1, 0.15) is 20.3 Å². The quantitative estimate of drug-likeness (QED) is 0.735. The molecule has 1 unspecified atom stereocenters. The third-order valence-electron chi connectivity index (χ3n) is 2.47. The van der Waals surface area contributed by atoms with Crippen molar-refractivity contribution in [2.24, 2.45) is 0 Å². The second-order valence-corrected chi connectivity index (χ2v) is 4.09. The monoisotopic (exact) mass is 219 g/mol. The number of carboxylic acids is 1. The minimum atomic E-state index is -2.71. The van der Waals surface area contributed by atoms with E-state index in [0.29, 0.717) is 0 Å². The van der Waals surface area contributed by atoms with Gasteiger partial charge in [-0.3, -0.25) is 4.90 Å². The van der Waals surface area contributed by atoms with Gasteiger partial charge in [0, 0.05) is 24.6 Å². The van der Waals surface area contributed by atoms with Crippen molar-refractivity contribution in [1.29, 1.82) is 0 Å². The number of nitrogens with zero attached hydrogens (tertiary/aromatic N) is 1. The Balaban J connectivity index is 2.73. The maximum Gasteiger partial charge on any atom is 0.328 e. The van der Waals surface area contributed by atoms with E-state index in [1.165, 1.54) is 6.08 Å². The first-order valence-electron chi connectivity index (χ1n) is 4.86. The molecule has 0 saturated carbocycles. The molecule has 0 amide bonds. The lowest BCUT2D eigenvalue weighted by molar-refractivity contribution is -0.131. The molecule has 1 aliphatic rings. The van der Waals surface area contributed by atoms with Gasteiger partial charge < -0.3 is 5.11 Å². The fraction of sp³-hybridized carbons (Fsp3) is 0.700. The highest BCUT2D eigenvalue weighted by molar-refractivity contribution is 5.79. The average Bonchev–Trinajstić information content (AvgIpc) is 2.38. The first kappa shape index (κ1) is 12.1. The highest BCUT2D eigenvalue weighted by Crippen LogP contribution is 2.33. The van der Waals surface area contributed by atoms with Crippen molar-refractivity contribution in [3.63, 3.8) is 0 Å². The predicted molar refractivity (Wildman–Crippen MR) is 52.0 cm³/mol. The minimum Gasteiger partial charge on any atom is -0.478 e. The Morgan fingerprint density at radius 1 is 1.60 bits per heavy atom. The van der Waals surface area contributed by atoms with Crippen LogP contribution in [0.5, 0.6) is 0 Å². The molecule has 0 aromatic heterocycles. The summed E-state index contributed by atoms with van der Waals surface area (Å²) < 4.78 is 26.2. The van der Waals surface area contributed by atoms with Gasteiger partial charge in [-0.05, 0) is 13.8 Å². The second kappa shape index (κ2) is 4.26. The zero-order valence-corrected chi connectivity index (χ0v) is 8.78. The van der Waals surface area contributed by atoms with Gasteiger partial charge in [-0.2, -0.15) is 0 Å². The normalized spacial score (nSPS) is 26.6. The molecule has 3 nitrogen and oxygen atoms in total. The largest absolute Gasteiger partial charge is 0.478 e. The van der Waals surface area contributed by atoms with Crippen LogP contribution in [0.15, 0.2) is 12.2 Å². The molecule has 0 bridgehead atoms. The molecule has 15 heavy (non-hydrogen) atoms. The Kier molecular flexibility index (Phi) is 3.44. The molecule has 0 aliphatic carbocycles. The van der Waals surface area contributed by atoms with Crippen LogP contribution in [0.2, 0.25) is 0 Å². The minimum absolute atomic E-state index is 0.0122. The number of carboxylic acid groups (broad SMARTS) is 1. The van der Waals surface area contributed by atoms with Crippen molar-refractivity contribution in [3.8, 4) is 0 Å². The molecule has 1 fully saturated rings. The third kappa shape index (κ3) is 3.27. The van der Waals surface area contributed by atoms with Crippen LogP contribution in [-0.4, -0.2) is 40.5 Å². The van der Waals surface area contributed by atoms with Gasteiger partial charge in [0.2, 0.25) is 0 Å². The highest BCUT2D eigenvalue weighted by Gasteiger charge is 2.44. The standard InChI is InChI=1S/C10H15F2NO2/c1-7(2)13-6-10(11,12)5-8(13)3-4-9(14)15/h3-4,7-8H,5-6H2,1-2H3,(H,14,15)/b4-3+. The molecule has 0 aromatic carbocycles. The van der Waals surface area contributed by atoms with Crippen LogP contribution in [-0.2, 0) is 4.79 Å². The second-order valence-electron chi connectivity index (χ2n) is 4.09. The van der Waals surface area contributed by atoms with Crippen molar-refractivity contribution in [2.45, 2.75) is 38.3 Å². The van der Waals surface area contributed by atoms with E-state index in [-0.39, 0.29) is 19.0 Å². The lowest BCUT2D eigenvalue weighted by Gasteiger charge is -2.25. The number of rotatable bonds is 3. The number of hydrogen-bond acceptors (Lipinski definition) is 2. The number of carbonyl (C=O) groups is 1. The van der Waals surface area contributed by atoms with E-state index in [0.717, 1.165) is 6.08 Å². The van der Waals surface area contributed by atoms with Crippen molar-refractivity contribution in [3.05, 3.63) is 12.2 Å². The molecule has 1 aliphatic heterocycles. The summed E-state index contributed by atoms with van der Waals surface area (Å²) in [6, 6.07) is -0.488. The van der Waals surface area contributed by atoms with Gasteiger partial charge in [0.1, 0.15) is 0 Å². The maximum atomic E-state index is 13.1. The van der Waals surface area contributed by atoms with Gasteiger partial charge in [-0.1, -0.05) is 6.08 Å². The first-order chi connectivity index (χ1) is 6.82. The summed E-state index contributed by atoms with van der Waals surface area (Å²) in [5.74, 6) is -3.81. The summed E-state index contributed by atoms with van der Waals surface area (Å²) in [4.78, 5) is 11.9. The van der Waals surface area contributed by atoms with Crippen molar-refractivity contribution >= 4 is 5.97 Å². The van der Waals surface area contributed by atoms with E-state index >= 15 is 0 Å². The van der Waals surface area contributed by atoms with E-state index in [2.05, 4.69) is 0 Å². The van der Waals surface area contributed by atoms with Crippen LogP contribution in [0, 0.1) is 0 Å². The van der Waals surface area contributed by atoms with Gasteiger partial charge in [-0.25, -0.2) is 13.6 Å². The number of halogens is 2. The van der Waals surface area contributed by atoms with E-state index < -0.39 is 17.9 Å². The van der Waals surface area contributed by atoms with Gasteiger partial charge in [-0.15, -0.1) is 0 Å². The molecule has 5 heteroatoms. The zero-order valence-electron chi connectivity index (χ0n) is 8.78. The summed E-state index contributed by atoms with van der Waals surface area (Å²) in [7, 11) is 0. The Morgan fingerprint density at radius 3 is 2.67 bits per heavy atom. The fourth-order valence-corrected chi connectivity index (χ4v) is 1.81. The average molecular weight is 219 g/mol. The van der Waals surface area contributed by atoms with Crippen molar-refractivity contribution in [2.75, 3.05) is 6.54 Å². The Bertz CT molecular complexity index is 277. The van der Waals surface area contributed by atoms with Crippen LogP contribution in [0.25, 0.3) is 0 Å². The molecule has 1 atom stereocenters. The SMILES string of the molecule is CC(C)N1CC(F)(F)CC1/C=C/C(=O)O. The zero-order chi connectivity index (χ0) is 11.6. The fourth-order valence-electron chi connectivity index (χ4n) is 1.81. The summed E-state index contributed by atoms with van der Waals surface area (Å²) in [6.45, 7) is 3.35. The molecule has 86 valence electrons. The number of aliphatic carboxylic acids is 1. The predicted octanol–water partition coefficient (Wildman–Crippen LogP) is 1.75.